The standard InChI is InChI=1S/C19H23F7N2.ClH/c20-15-11-13(18(21,22)23)10-14(19(24,25)26)16(15)17(12-4-2-1-3-5-12)28-8-6-27-7-9-28;/h10-12,17,27H,1-9H2;1H/t17-;/m0./s1. The van der Waals surface area contributed by atoms with Gasteiger partial charge in [-0.25, -0.2) is 4.39 Å². The second-order valence-electron chi connectivity index (χ2n) is 7.54. The molecule has 1 saturated carbocycles. The molecule has 1 saturated heterocycles. The van der Waals surface area contributed by atoms with Crippen molar-refractivity contribution < 1.29 is 30.7 Å². The Bertz CT molecular complexity index is 660. The molecule has 0 bridgehead atoms. The van der Waals surface area contributed by atoms with E-state index in [0.717, 1.165) is 19.3 Å². The van der Waals surface area contributed by atoms with Crippen LogP contribution in [0.3, 0.4) is 0 Å². The van der Waals surface area contributed by atoms with Crippen LogP contribution in [0.25, 0.3) is 0 Å². The van der Waals surface area contributed by atoms with E-state index < -0.39 is 40.9 Å². The van der Waals surface area contributed by atoms with Gasteiger partial charge in [0, 0.05) is 37.8 Å². The number of nitrogens with zero attached hydrogens (tertiary/aromatic N) is 1. The zero-order chi connectivity index (χ0) is 20.5. The van der Waals surface area contributed by atoms with Crippen molar-refractivity contribution in [2.24, 2.45) is 5.92 Å². The molecular weight excluding hydrogens is 425 g/mol. The molecule has 2 nitrogen and oxygen atoms in total. The second-order valence-corrected chi connectivity index (χ2v) is 7.54. The summed E-state index contributed by atoms with van der Waals surface area (Å²) >= 11 is 0. The third-order valence-corrected chi connectivity index (χ3v) is 5.70. The molecule has 166 valence electrons. The monoisotopic (exact) mass is 448 g/mol. The fraction of sp³-hybridized carbons (Fsp3) is 0.684. The Morgan fingerprint density at radius 3 is 2.00 bits per heavy atom. The van der Waals surface area contributed by atoms with Gasteiger partial charge in [0.1, 0.15) is 5.82 Å². The predicted octanol–water partition coefficient (Wildman–Crippen LogP) is 5.81. The lowest BCUT2D eigenvalue weighted by atomic mass is 9.78. The van der Waals surface area contributed by atoms with Gasteiger partial charge in [0.2, 0.25) is 0 Å². The van der Waals surface area contributed by atoms with Gasteiger partial charge >= 0.3 is 12.4 Å². The predicted molar refractivity (Wildman–Crippen MR) is 97.4 cm³/mol. The fourth-order valence-electron chi connectivity index (χ4n) is 4.44. The smallest absolute Gasteiger partial charge is 0.314 e. The maximum atomic E-state index is 14.9. The fourth-order valence-corrected chi connectivity index (χ4v) is 4.44. The van der Waals surface area contributed by atoms with E-state index >= 15 is 0 Å². The van der Waals surface area contributed by atoms with Crippen LogP contribution in [0.4, 0.5) is 30.7 Å². The van der Waals surface area contributed by atoms with Crippen molar-refractivity contribution in [1.29, 1.82) is 0 Å². The average molecular weight is 449 g/mol. The van der Waals surface area contributed by atoms with Crippen LogP contribution in [0, 0.1) is 11.7 Å². The van der Waals surface area contributed by atoms with Crippen LogP contribution in [0.1, 0.15) is 54.8 Å². The van der Waals surface area contributed by atoms with Gasteiger partial charge in [0.15, 0.2) is 0 Å². The zero-order valence-electron chi connectivity index (χ0n) is 15.7. The van der Waals surface area contributed by atoms with E-state index in [2.05, 4.69) is 5.32 Å². The van der Waals surface area contributed by atoms with Crippen LogP contribution < -0.4 is 5.32 Å². The molecule has 1 N–H and O–H groups in total. The topological polar surface area (TPSA) is 15.3 Å². The molecule has 29 heavy (non-hydrogen) atoms. The Kier molecular flexibility index (Phi) is 7.84. The lowest BCUT2D eigenvalue weighted by Crippen LogP contribution is -2.47. The van der Waals surface area contributed by atoms with Gasteiger partial charge in [0.05, 0.1) is 11.1 Å². The van der Waals surface area contributed by atoms with Crippen molar-refractivity contribution in [2.75, 3.05) is 26.2 Å². The maximum Gasteiger partial charge on any atom is 0.416 e. The molecule has 0 aromatic heterocycles. The first-order chi connectivity index (χ1) is 13.1. The summed E-state index contributed by atoms with van der Waals surface area (Å²) in [6.45, 7) is 1.96. The summed E-state index contributed by atoms with van der Waals surface area (Å²) in [7, 11) is 0. The van der Waals surface area contributed by atoms with Crippen molar-refractivity contribution >= 4 is 12.4 Å². The van der Waals surface area contributed by atoms with Gasteiger partial charge in [-0.1, -0.05) is 19.3 Å². The van der Waals surface area contributed by atoms with E-state index in [0.29, 0.717) is 39.0 Å². The van der Waals surface area contributed by atoms with Crippen LogP contribution in [-0.2, 0) is 12.4 Å². The minimum absolute atomic E-state index is 0. The maximum absolute atomic E-state index is 14.9. The Morgan fingerprint density at radius 2 is 1.48 bits per heavy atom. The summed E-state index contributed by atoms with van der Waals surface area (Å²) in [4.78, 5) is 1.80. The number of hydrogen-bond acceptors (Lipinski definition) is 2. The SMILES string of the molecule is Cl.Fc1cc(C(F)(F)F)cc(C(F)(F)F)c1[C@H](C1CCCCC1)N1CCNCC1. The highest BCUT2D eigenvalue weighted by molar-refractivity contribution is 5.85. The van der Waals surface area contributed by atoms with E-state index in [1.165, 1.54) is 0 Å². The molecule has 1 atom stereocenters. The van der Waals surface area contributed by atoms with Crippen molar-refractivity contribution in [3.63, 3.8) is 0 Å². The van der Waals surface area contributed by atoms with Crippen LogP contribution in [-0.4, -0.2) is 31.1 Å². The van der Waals surface area contributed by atoms with E-state index in [1.54, 1.807) is 4.90 Å². The van der Waals surface area contributed by atoms with Gasteiger partial charge in [-0.15, -0.1) is 12.4 Å². The number of nitrogens with one attached hydrogen (secondary N) is 1. The molecule has 1 heterocycles. The van der Waals surface area contributed by atoms with Gasteiger partial charge in [-0.2, -0.15) is 26.3 Å². The highest BCUT2D eigenvalue weighted by Crippen LogP contribution is 2.46. The summed E-state index contributed by atoms with van der Waals surface area (Å²) in [5.74, 6) is -1.63. The van der Waals surface area contributed by atoms with Crippen molar-refractivity contribution in [1.82, 2.24) is 10.2 Å². The molecule has 10 heteroatoms. The number of halogens is 8. The van der Waals surface area contributed by atoms with E-state index in [9.17, 15) is 30.7 Å². The average Bonchev–Trinajstić information content (AvgIpc) is 2.63. The van der Waals surface area contributed by atoms with Crippen LogP contribution >= 0.6 is 12.4 Å². The van der Waals surface area contributed by atoms with E-state index in [-0.39, 0.29) is 30.5 Å². The van der Waals surface area contributed by atoms with Crippen molar-refractivity contribution in [2.45, 2.75) is 50.5 Å². The Hall–Kier alpha value is -1.06. The highest BCUT2D eigenvalue weighted by atomic mass is 35.5. The minimum atomic E-state index is -5.07. The molecule has 2 aliphatic rings. The molecule has 1 aliphatic carbocycles. The summed E-state index contributed by atoms with van der Waals surface area (Å²) in [6.07, 6.45) is -6.20. The molecule has 0 unspecified atom stereocenters. The molecule has 1 aromatic carbocycles. The Labute approximate surface area is 171 Å². The zero-order valence-corrected chi connectivity index (χ0v) is 16.5. The largest absolute Gasteiger partial charge is 0.416 e. The van der Waals surface area contributed by atoms with Gasteiger partial charge in [0.25, 0.3) is 0 Å². The van der Waals surface area contributed by atoms with E-state index in [4.69, 9.17) is 0 Å². The molecular formula is C19H24ClF7N2. The number of rotatable bonds is 3. The third-order valence-electron chi connectivity index (χ3n) is 5.70. The lowest BCUT2D eigenvalue weighted by Gasteiger charge is -2.42. The van der Waals surface area contributed by atoms with Crippen molar-refractivity contribution in [3.05, 3.63) is 34.6 Å². The number of hydrogen-bond donors (Lipinski definition) is 1. The molecule has 1 aliphatic heterocycles. The number of alkyl halides is 6. The molecule has 0 amide bonds. The molecule has 1 aromatic rings. The first-order valence-corrected chi connectivity index (χ1v) is 9.51. The second kappa shape index (κ2) is 9.39. The van der Waals surface area contributed by atoms with Crippen LogP contribution in [0.15, 0.2) is 12.1 Å². The molecule has 0 spiro atoms. The minimum Gasteiger partial charge on any atom is -0.314 e. The van der Waals surface area contributed by atoms with Crippen LogP contribution in [0.2, 0.25) is 0 Å². The molecule has 3 rings (SSSR count). The van der Waals surface area contributed by atoms with Gasteiger partial charge < -0.3 is 5.32 Å². The summed E-state index contributed by atoms with van der Waals surface area (Å²) in [6, 6.07) is -0.597. The first kappa shape index (κ1) is 24.2. The summed E-state index contributed by atoms with van der Waals surface area (Å²) < 4.78 is 95.1. The van der Waals surface area contributed by atoms with Gasteiger partial charge in [-0.05, 0) is 30.9 Å². The van der Waals surface area contributed by atoms with Crippen LogP contribution in [0.5, 0.6) is 0 Å². The summed E-state index contributed by atoms with van der Waals surface area (Å²) in [5.41, 5.74) is -3.74. The molecule has 0 radical (unpaired) electrons. The van der Waals surface area contributed by atoms with E-state index in [1.807, 2.05) is 0 Å². The van der Waals surface area contributed by atoms with Gasteiger partial charge in [-0.3, -0.25) is 4.90 Å². The first-order valence-electron chi connectivity index (χ1n) is 9.51. The Balaban J connectivity index is 0.00000300. The summed E-state index contributed by atoms with van der Waals surface area (Å²) in [5, 5.41) is 3.11. The highest BCUT2D eigenvalue weighted by Gasteiger charge is 2.44. The number of benzene rings is 1. The number of piperazine rings is 1. The molecule has 2 fully saturated rings. The quantitative estimate of drug-likeness (QED) is 0.587. The normalized spacial score (nSPS) is 20.9. The Morgan fingerprint density at radius 1 is 0.897 bits per heavy atom. The van der Waals surface area contributed by atoms with Crippen molar-refractivity contribution in [3.8, 4) is 0 Å². The lowest BCUT2D eigenvalue weighted by molar-refractivity contribution is -0.144. The third kappa shape index (κ3) is 5.55.